The number of amides is 2. The van der Waals surface area contributed by atoms with Gasteiger partial charge in [-0.1, -0.05) is 11.6 Å². The number of ether oxygens (including phenoxy) is 1. The summed E-state index contributed by atoms with van der Waals surface area (Å²) in [6.45, 7) is 3.15. The summed E-state index contributed by atoms with van der Waals surface area (Å²) in [6.07, 6.45) is 0.186. The number of benzene rings is 1. The standard InChI is InChI=1S/C19H21ClF2N4O3/c1-29-11-8-24(9-11)10-14(27)25-4-6-26(7-5-25)19(28)18-17(22)15-13(23-18)3-2-12(21)16(15)20/h2-3,11,23H,4-10H2,1H3. The van der Waals surface area contributed by atoms with Gasteiger partial charge < -0.3 is 19.5 Å². The zero-order chi connectivity index (χ0) is 20.7. The molecule has 10 heteroatoms. The van der Waals surface area contributed by atoms with Crippen molar-refractivity contribution in [3.63, 3.8) is 0 Å². The number of carbonyl (C=O) groups is 2. The molecular weight excluding hydrogens is 406 g/mol. The number of nitrogens with one attached hydrogen (secondary N) is 1. The highest BCUT2D eigenvalue weighted by Gasteiger charge is 2.32. The Hall–Kier alpha value is -2.23. The minimum absolute atomic E-state index is 0.00528. The number of hydrogen-bond acceptors (Lipinski definition) is 4. The van der Waals surface area contributed by atoms with Crippen LogP contribution in [-0.2, 0) is 9.53 Å². The predicted octanol–water partition coefficient (Wildman–Crippen LogP) is 1.71. The second-order valence-electron chi connectivity index (χ2n) is 7.32. The van der Waals surface area contributed by atoms with Crippen molar-refractivity contribution in [2.24, 2.45) is 0 Å². The van der Waals surface area contributed by atoms with Crippen LogP contribution in [0.4, 0.5) is 8.78 Å². The fourth-order valence-electron chi connectivity index (χ4n) is 3.74. The van der Waals surface area contributed by atoms with Gasteiger partial charge in [0.1, 0.15) is 11.5 Å². The van der Waals surface area contributed by atoms with Crippen molar-refractivity contribution in [3.8, 4) is 0 Å². The Morgan fingerprint density at radius 1 is 1.17 bits per heavy atom. The van der Waals surface area contributed by atoms with E-state index >= 15 is 0 Å². The molecule has 2 fully saturated rings. The van der Waals surface area contributed by atoms with E-state index in [1.54, 1.807) is 12.0 Å². The number of nitrogens with zero attached hydrogens (tertiary/aromatic N) is 3. The maximum atomic E-state index is 14.7. The molecule has 0 radical (unpaired) electrons. The van der Waals surface area contributed by atoms with Crippen LogP contribution in [0.15, 0.2) is 12.1 Å². The Kier molecular flexibility index (Phi) is 5.46. The second kappa shape index (κ2) is 7.89. The SMILES string of the molecule is COC1CN(CC(=O)N2CCN(C(=O)c3[nH]c4ccc(F)c(Cl)c4c3F)CC2)C1. The molecule has 156 valence electrons. The van der Waals surface area contributed by atoms with Crippen molar-refractivity contribution in [2.75, 3.05) is 52.9 Å². The largest absolute Gasteiger partial charge is 0.379 e. The Morgan fingerprint density at radius 3 is 2.48 bits per heavy atom. The predicted molar refractivity (Wildman–Crippen MR) is 103 cm³/mol. The first-order chi connectivity index (χ1) is 13.9. The molecule has 0 aliphatic carbocycles. The molecule has 7 nitrogen and oxygen atoms in total. The summed E-state index contributed by atoms with van der Waals surface area (Å²) in [4.78, 5) is 33.1. The summed E-state index contributed by atoms with van der Waals surface area (Å²) < 4.78 is 33.5. The quantitative estimate of drug-likeness (QED) is 0.808. The third kappa shape index (κ3) is 3.70. The lowest BCUT2D eigenvalue weighted by atomic mass is 10.1. The molecule has 0 spiro atoms. The van der Waals surface area contributed by atoms with Crippen LogP contribution in [0.25, 0.3) is 10.9 Å². The number of methoxy groups -OCH3 is 1. The Morgan fingerprint density at radius 2 is 1.83 bits per heavy atom. The second-order valence-corrected chi connectivity index (χ2v) is 7.70. The molecule has 4 rings (SSSR count). The minimum Gasteiger partial charge on any atom is -0.379 e. The van der Waals surface area contributed by atoms with E-state index < -0.39 is 17.5 Å². The van der Waals surface area contributed by atoms with Crippen molar-refractivity contribution < 1.29 is 23.1 Å². The maximum absolute atomic E-state index is 14.7. The van der Waals surface area contributed by atoms with Crippen LogP contribution in [-0.4, -0.2) is 90.5 Å². The molecule has 0 bridgehead atoms. The molecular formula is C19H21ClF2N4O3. The Labute approximate surface area is 171 Å². The molecule has 2 saturated heterocycles. The average Bonchev–Trinajstić information content (AvgIpc) is 3.03. The molecule has 2 aliphatic heterocycles. The molecule has 0 unspecified atom stereocenters. The van der Waals surface area contributed by atoms with Gasteiger partial charge in [0.05, 0.1) is 28.6 Å². The molecule has 2 amide bonds. The van der Waals surface area contributed by atoms with Crippen LogP contribution in [0, 0.1) is 11.6 Å². The number of halogens is 3. The van der Waals surface area contributed by atoms with Crippen LogP contribution < -0.4 is 0 Å². The number of rotatable bonds is 4. The van der Waals surface area contributed by atoms with Gasteiger partial charge in [0.15, 0.2) is 5.82 Å². The number of likely N-dealkylation sites (tertiary alicyclic amines) is 1. The topological polar surface area (TPSA) is 68.9 Å². The molecule has 1 aromatic carbocycles. The van der Waals surface area contributed by atoms with Crippen molar-refractivity contribution in [3.05, 3.63) is 34.5 Å². The fraction of sp³-hybridized carbons (Fsp3) is 0.474. The maximum Gasteiger partial charge on any atom is 0.273 e. The van der Waals surface area contributed by atoms with Crippen LogP contribution >= 0.6 is 11.6 Å². The molecule has 2 aliphatic rings. The van der Waals surface area contributed by atoms with E-state index in [0.29, 0.717) is 32.7 Å². The summed E-state index contributed by atoms with van der Waals surface area (Å²) in [6, 6.07) is 2.46. The van der Waals surface area contributed by atoms with Crippen molar-refractivity contribution >= 4 is 34.3 Å². The van der Waals surface area contributed by atoms with Gasteiger partial charge in [0, 0.05) is 46.4 Å². The van der Waals surface area contributed by atoms with Crippen molar-refractivity contribution in [1.82, 2.24) is 19.7 Å². The van der Waals surface area contributed by atoms with Crippen molar-refractivity contribution in [2.45, 2.75) is 6.10 Å². The number of H-pyrrole nitrogens is 1. The summed E-state index contributed by atoms with van der Waals surface area (Å²) in [5.74, 6) is -2.14. The van der Waals surface area contributed by atoms with Gasteiger partial charge in [0.25, 0.3) is 5.91 Å². The van der Waals surface area contributed by atoms with Gasteiger partial charge in [-0.2, -0.15) is 0 Å². The summed E-state index contributed by atoms with van der Waals surface area (Å²) in [7, 11) is 1.65. The summed E-state index contributed by atoms with van der Waals surface area (Å²) in [5.41, 5.74) is 0.00781. The van der Waals surface area contributed by atoms with Crippen LogP contribution in [0.2, 0.25) is 5.02 Å². The first-order valence-electron chi connectivity index (χ1n) is 9.36. The number of piperazine rings is 1. The highest BCUT2D eigenvalue weighted by Crippen LogP contribution is 2.31. The highest BCUT2D eigenvalue weighted by molar-refractivity contribution is 6.35. The highest BCUT2D eigenvalue weighted by atomic mass is 35.5. The van der Waals surface area contributed by atoms with Gasteiger partial charge in [-0.25, -0.2) is 8.78 Å². The molecule has 0 saturated carbocycles. The zero-order valence-electron chi connectivity index (χ0n) is 15.9. The fourth-order valence-corrected chi connectivity index (χ4v) is 3.99. The first kappa shape index (κ1) is 20.1. The molecule has 0 atom stereocenters. The van der Waals surface area contributed by atoms with E-state index in [-0.39, 0.29) is 33.6 Å². The van der Waals surface area contributed by atoms with Crippen molar-refractivity contribution in [1.29, 1.82) is 0 Å². The monoisotopic (exact) mass is 426 g/mol. The van der Waals surface area contributed by atoms with Crippen LogP contribution in [0.3, 0.4) is 0 Å². The van der Waals surface area contributed by atoms with E-state index in [1.807, 2.05) is 4.90 Å². The van der Waals surface area contributed by atoms with Gasteiger partial charge in [0.2, 0.25) is 5.91 Å². The van der Waals surface area contributed by atoms with E-state index in [2.05, 4.69) is 4.98 Å². The number of aromatic nitrogens is 1. The van der Waals surface area contributed by atoms with Gasteiger partial charge >= 0.3 is 0 Å². The number of aromatic amines is 1. The van der Waals surface area contributed by atoms with E-state index in [4.69, 9.17) is 16.3 Å². The lowest BCUT2D eigenvalue weighted by Crippen LogP contribution is -2.57. The van der Waals surface area contributed by atoms with Gasteiger partial charge in [-0.05, 0) is 12.1 Å². The lowest BCUT2D eigenvalue weighted by molar-refractivity contribution is -0.137. The van der Waals surface area contributed by atoms with E-state index in [9.17, 15) is 18.4 Å². The molecule has 29 heavy (non-hydrogen) atoms. The first-order valence-corrected chi connectivity index (χ1v) is 9.74. The molecule has 2 aromatic rings. The summed E-state index contributed by atoms with van der Waals surface area (Å²) >= 11 is 5.85. The third-order valence-corrected chi connectivity index (χ3v) is 5.91. The number of carbonyl (C=O) groups excluding carboxylic acids is 2. The third-order valence-electron chi connectivity index (χ3n) is 5.54. The summed E-state index contributed by atoms with van der Waals surface area (Å²) in [5, 5.41) is -0.486. The van der Waals surface area contributed by atoms with Gasteiger partial charge in [-0.15, -0.1) is 0 Å². The van der Waals surface area contributed by atoms with Crippen LogP contribution in [0.5, 0.6) is 0 Å². The Bertz CT molecular complexity index is 953. The number of hydrogen-bond donors (Lipinski definition) is 1. The number of fused-ring (bicyclic) bond motifs is 1. The van der Waals surface area contributed by atoms with E-state index in [1.165, 1.54) is 11.0 Å². The average molecular weight is 427 g/mol. The molecule has 3 heterocycles. The van der Waals surface area contributed by atoms with Gasteiger partial charge in [-0.3, -0.25) is 14.5 Å². The lowest BCUT2D eigenvalue weighted by Gasteiger charge is -2.40. The minimum atomic E-state index is -0.863. The van der Waals surface area contributed by atoms with E-state index in [0.717, 1.165) is 19.2 Å². The molecule has 1 aromatic heterocycles. The smallest absolute Gasteiger partial charge is 0.273 e. The zero-order valence-corrected chi connectivity index (χ0v) is 16.6. The Balaban J connectivity index is 1.38. The normalized spacial score (nSPS) is 18.3. The molecule has 1 N–H and O–H groups in total. The van der Waals surface area contributed by atoms with Crippen LogP contribution in [0.1, 0.15) is 10.5 Å².